The van der Waals surface area contributed by atoms with Gasteiger partial charge in [-0.3, -0.25) is 4.90 Å². The van der Waals surface area contributed by atoms with Crippen molar-refractivity contribution in [1.29, 1.82) is 0 Å². The minimum atomic E-state index is 0.257. The summed E-state index contributed by atoms with van der Waals surface area (Å²) in [5.41, 5.74) is 1.20. The molecule has 2 aromatic rings. The van der Waals surface area contributed by atoms with E-state index in [-0.39, 0.29) is 12.2 Å². The van der Waals surface area contributed by atoms with Crippen LogP contribution in [0.4, 0.5) is 0 Å². The van der Waals surface area contributed by atoms with Crippen molar-refractivity contribution in [2.75, 3.05) is 13.1 Å². The number of nitrogens with zero attached hydrogens (tertiary/aromatic N) is 5. The molecule has 0 radical (unpaired) electrons. The summed E-state index contributed by atoms with van der Waals surface area (Å²) >= 11 is 0. The van der Waals surface area contributed by atoms with Gasteiger partial charge in [-0.2, -0.15) is 0 Å². The SMILES string of the molecule is C[C@H]1CN(Cc2nnnn2Cc2ccccc2)C[C@H](C)O1. The number of benzene rings is 1. The molecule has 1 aromatic heterocycles. The van der Waals surface area contributed by atoms with Gasteiger partial charge in [0.25, 0.3) is 0 Å². The van der Waals surface area contributed by atoms with E-state index in [2.05, 4.69) is 46.4 Å². The standard InChI is InChI=1S/C15H21N5O/c1-12-8-19(9-13(2)21-12)11-15-16-17-18-20(15)10-14-6-4-3-5-7-14/h3-7,12-13H,8-11H2,1-2H3/t12-,13-/m0/s1. The second-order valence-electron chi connectivity index (χ2n) is 5.69. The maximum atomic E-state index is 5.76. The number of morpholine rings is 1. The van der Waals surface area contributed by atoms with Crippen molar-refractivity contribution in [3.8, 4) is 0 Å². The Morgan fingerprint density at radius 1 is 1.10 bits per heavy atom. The van der Waals surface area contributed by atoms with Gasteiger partial charge >= 0.3 is 0 Å². The van der Waals surface area contributed by atoms with Gasteiger partial charge < -0.3 is 4.74 Å². The molecule has 2 atom stereocenters. The molecule has 0 bridgehead atoms. The van der Waals surface area contributed by atoms with Crippen LogP contribution in [0.5, 0.6) is 0 Å². The van der Waals surface area contributed by atoms with E-state index >= 15 is 0 Å². The molecule has 6 nitrogen and oxygen atoms in total. The lowest BCUT2D eigenvalue weighted by atomic mass is 10.2. The van der Waals surface area contributed by atoms with Crippen LogP contribution >= 0.6 is 0 Å². The van der Waals surface area contributed by atoms with Crippen molar-refractivity contribution in [2.45, 2.75) is 39.1 Å². The van der Waals surface area contributed by atoms with Gasteiger partial charge in [-0.05, 0) is 29.8 Å². The van der Waals surface area contributed by atoms with Crippen LogP contribution in [-0.2, 0) is 17.8 Å². The van der Waals surface area contributed by atoms with Crippen molar-refractivity contribution in [3.63, 3.8) is 0 Å². The number of rotatable bonds is 4. The molecule has 0 spiro atoms. The molecule has 1 fully saturated rings. The van der Waals surface area contributed by atoms with E-state index in [4.69, 9.17) is 4.74 Å². The summed E-state index contributed by atoms with van der Waals surface area (Å²) in [5, 5.41) is 12.1. The predicted octanol–water partition coefficient (Wildman–Crippen LogP) is 1.33. The first-order chi connectivity index (χ1) is 10.2. The van der Waals surface area contributed by atoms with Gasteiger partial charge in [-0.15, -0.1) is 5.10 Å². The normalized spacial score (nSPS) is 23.3. The van der Waals surface area contributed by atoms with Gasteiger partial charge in [0.05, 0.1) is 25.3 Å². The number of hydrogen-bond donors (Lipinski definition) is 0. The second-order valence-corrected chi connectivity index (χ2v) is 5.69. The molecule has 0 unspecified atom stereocenters. The molecule has 1 aliphatic heterocycles. The lowest BCUT2D eigenvalue weighted by Crippen LogP contribution is -2.45. The fourth-order valence-corrected chi connectivity index (χ4v) is 2.83. The molecule has 0 N–H and O–H groups in total. The molecule has 2 heterocycles. The third-order valence-electron chi connectivity index (χ3n) is 3.64. The number of aromatic nitrogens is 4. The van der Waals surface area contributed by atoms with Gasteiger partial charge in [-0.25, -0.2) is 4.68 Å². The van der Waals surface area contributed by atoms with Gasteiger partial charge in [-0.1, -0.05) is 30.3 Å². The van der Waals surface area contributed by atoms with E-state index in [1.165, 1.54) is 5.56 Å². The minimum absolute atomic E-state index is 0.257. The summed E-state index contributed by atoms with van der Waals surface area (Å²) in [4.78, 5) is 2.35. The summed E-state index contributed by atoms with van der Waals surface area (Å²) < 4.78 is 7.64. The monoisotopic (exact) mass is 287 g/mol. The molecular weight excluding hydrogens is 266 g/mol. The van der Waals surface area contributed by atoms with Crippen molar-refractivity contribution in [2.24, 2.45) is 0 Å². The first-order valence-electron chi connectivity index (χ1n) is 7.37. The lowest BCUT2D eigenvalue weighted by Gasteiger charge is -2.34. The Morgan fingerprint density at radius 2 is 1.81 bits per heavy atom. The zero-order valence-electron chi connectivity index (χ0n) is 12.5. The van der Waals surface area contributed by atoms with Crippen LogP contribution in [0.25, 0.3) is 0 Å². The van der Waals surface area contributed by atoms with E-state index < -0.39 is 0 Å². The largest absolute Gasteiger partial charge is 0.373 e. The Morgan fingerprint density at radius 3 is 2.52 bits per heavy atom. The van der Waals surface area contributed by atoms with Crippen LogP contribution in [0.2, 0.25) is 0 Å². The maximum Gasteiger partial charge on any atom is 0.165 e. The quantitative estimate of drug-likeness (QED) is 0.849. The summed E-state index contributed by atoms with van der Waals surface area (Å²) in [6.07, 6.45) is 0.513. The van der Waals surface area contributed by atoms with Gasteiger partial charge in [0.2, 0.25) is 0 Å². The van der Waals surface area contributed by atoms with Crippen LogP contribution in [-0.4, -0.2) is 50.4 Å². The number of tetrazole rings is 1. The topological polar surface area (TPSA) is 56.1 Å². The fourth-order valence-electron chi connectivity index (χ4n) is 2.83. The zero-order chi connectivity index (χ0) is 14.7. The minimum Gasteiger partial charge on any atom is -0.373 e. The third kappa shape index (κ3) is 3.65. The Hall–Kier alpha value is -1.79. The van der Waals surface area contributed by atoms with E-state index in [1.807, 2.05) is 22.9 Å². The van der Waals surface area contributed by atoms with Gasteiger partial charge in [0.1, 0.15) is 0 Å². The highest BCUT2D eigenvalue weighted by molar-refractivity contribution is 5.14. The summed E-state index contributed by atoms with van der Waals surface area (Å²) in [5.74, 6) is 0.903. The average molecular weight is 287 g/mol. The predicted molar refractivity (Wildman–Crippen MR) is 78.6 cm³/mol. The molecule has 1 aromatic carbocycles. The van der Waals surface area contributed by atoms with Crippen LogP contribution in [0.3, 0.4) is 0 Å². The molecule has 1 aliphatic rings. The molecule has 0 aliphatic carbocycles. The van der Waals surface area contributed by atoms with E-state index in [9.17, 15) is 0 Å². The maximum absolute atomic E-state index is 5.76. The summed E-state index contributed by atoms with van der Waals surface area (Å²) in [6.45, 7) is 7.52. The molecule has 0 amide bonds. The molecule has 6 heteroatoms. The van der Waals surface area contributed by atoms with Crippen molar-refractivity contribution >= 4 is 0 Å². The van der Waals surface area contributed by atoms with Crippen molar-refractivity contribution in [3.05, 3.63) is 41.7 Å². The van der Waals surface area contributed by atoms with Crippen LogP contribution < -0.4 is 0 Å². The van der Waals surface area contributed by atoms with Crippen LogP contribution in [0, 0.1) is 0 Å². The highest BCUT2D eigenvalue weighted by Gasteiger charge is 2.23. The highest BCUT2D eigenvalue weighted by atomic mass is 16.5. The molecule has 3 rings (SSSR count). The Labute approximate surface area is 124 Å². The first-order valence-corrected chi connectivity index (χ1v) is 7.37. The molecule has 21 heavy (non-hydrogen) atoms. The average Bonchev–Trinajstić information content (AvgIpc) is 2.86. The number of hydrogen-bond acceptors (Lipinski definition) is 5. The van der Waals surface area contributed by atoms with Gasteiger partial charge in [0.15, 0.2) is 5.82 Å². The summed E-state index contributed by atoms with van der Waals surface area (Å²) in [6, 6.07) is 10.3. The highest BCUT2D eigenvalue weighted by Crippen LogP contribution is 2.13. The second kappa shape index (κ2) is 6.32. The van der Waals surface area contributed by atoms with Crippen molar-refractivity contribution in [1.82, 2.24) is 25.1 Å². The number of ether oxygens (including phenoxy) is 1. The Balaban J connectivity index is 1.68. The van der Waals surface area contributed by atoms with E-state index in [0.717, 1.165) is 25.5 Å². The molecule has 0 saturated carbocycles. The fraction of sp³-hybridized carbons (Fsp3) is 0.533. The van der Waals surface area contributed by atoms with E-state index in [1.54, 1.807) is 0 Å². The van der Waals surface area contributed by atoms with Crippen molar-refractivity contribution < 1.29 is 4.74 Å². The molecule has 112 valence electrons. The van der Waals surface area contributed by atoms with E-state index in [0.29, 0.717) is 6.54 Å². The zero-order valence-corrected chi connectivity index (χ0v) is 12.5. The first kappa shape index (κ1) is 14.2. The molecule has 1 saturated heterocycles. The Bertz CT molecular complexity index is 560. The van der Waals surface area contributed by atoms with Gasteiger partial charge in [0, 0.05) is 13.1 Å². The van der Waals surface area contributed by atoms with Crippen LogP contribution in [0.1, 0.15) is 25.2 Å². The van der Waals surface area contributed by atoms with Crippen LogP contribution in [0.15, 0.2) is 30.3 Å². The smallest absolute Gasteiger partial charge is 0.165 e. The molecular formula is C15H21N5O. The third-order valence-corrected chi connectivity index (χ3v) is 3.64. The Kier molecular flexibility index (Phi) is 4.26. The summed E-state index contributed by atoms with van der Waals surface area (Å²) in [7, 11) is 0. The lowest BCUT2D eigenvalue weighted by molar-refractivity contribution is -0.0713.